The minimum Gasteiger partial charge on any atom is -0.454 e. The van der Waals surface area contributed by atoms with E-state index in [1.807, 2.05) is 19.1 Å². The third-order valence-electron chi connectivity index (χ3n) is 2.87. The van der Waals surface area contributed by atoms with Gasteiger partial charge in [0.25, 0.3) is 0 Å². The van der Waals surface area contributed by atoms with Crippen LogP contribution < -0.4 is 10.5 Å². The maximum atomic E-state index is 13.4. The van der Waals surface area contributed by atoms with Gasteiger partial charge in [-0.2, -0.15) is 0 Å². The first-order valence-electron chi connectivity index (χ1n) is 6.08. The Bertz CT molecular complexity index is 555. The first-order valence-corrected chi connectivity index (χ1v) is 6.08. The van der Waals surface area contributed by atoms with Gasteiger partial charge in [0.1, 0.15) is 11.6 Å². The average molecular weight is 263 g/mol. The fourth-order valence-corrected chi connectivity index (χ4v) is 1.70. The summed E-state index contributed by atoms with van der Waals surface area (Å²) in [5.41, 5.74) is 6.89. The molecule has 0 unspecified atom stereocenters. The van der Waals surface area contributed by atoms with E-state index in [1.54, 1.807) is 12.1 Å². The molecule has 19 heavy (non-hydrogen) atoms. The SMILES string of the molecule is CC[C@@H](N)c1ccc(Oc2ccc(F)cc2F)cc1. The lowest BCUT2D eigenvalue weighted by molar-refractivity contribution is 0.437. The minimum atomic E-state index is -0.727. The van der Waals surface area contributed by atoms with Crippen LogP contribution in [0, 0.1) is 11.6 Å². The highest BCUT2D eigenvalue weighted by Crippen LogP contribution is 2.26. The summed E-state index contributed by atoms with van der Waals surface area (Å²) in [4.78, 5) is 0. The van der Waals surface area contributed by atoms with Gasteiger partial charge >= 0.3 is 0 Å². The topological polar surface area (TPSA) is 35.2 Å². The lowest BCUT2D eigenvalue weighted by Crippen LogP contribution is -2.08. The molecule has 1 atom stereocenters. The lowest BCUT2D eigenvalue weighted by atomic mass is 10.1. The van der Waals surface area contributed by atoms with E-state index in [9.17, 15) is 8.78 Å². The first-order chi connectivity index (χ1) is 9.10. The summed E-state index contributed by atoms with van der Waals surface area (Å²) in [6.07, 6.45) is 0.840. The molecule has 0 heterocycles. The molecule has 0 aromatic heterocycles. The van der Waals surface area contributed by atoms with Crippen LogP contribution in [0.3, 0.4) is 0 Å². The monoisotopic (exact) mass is 263 g/mol. The van der Waals surface area contributed by atoms with Crippen LogP contribution in [0.25, 0.3) is 0 Å². The fraction of sp³-hybridized carbons (Fsp3) is 0.200. The molecular weight excluding hydrogens is 248 g/mol. The van der Waals surface area contributed by atoms with Crippen molar-refractivity contribution in [3.05, 3.63) is 59.7 Å². The molecule has 4 heteroatoms. The van der Waals surface area contributed by atoms with Crippen LogP contribution in [0.5, 0.6) is 11.5 Å². The van der Waals surface area contributed by atoms with Gasteiger partial charge in [-0.3, -0.25) is 0 Å². The predicted molar refractivity (Wildman–Crippen MR) is 70.1 cm³/mol. The number of halogens is 2. The van der Waals surface area contributed by atoms with Gasteiger partial charge < -0.3 is 10.5 Å². The summed E-state index contributed by atoms with van der Waals surface area (Å²) in [5, 5.41) is 0. The van der Waals surface area contributed by atoms with E-state index in [0.717, 1.165) is 24.1 Å². The normalized spacial score (nSPS) is 12.2. The zero-order valence-corrected chi connectivity index (χ0v) is 10.6. The van der Waals surface area contributed by atoms with Gasteiger partial charge in [0.15, 0.2) is 11.6 Å². The number of rotatable bonds is 4. The van der Waals surface area contributed by atoms with E-state index in [2.05, 4.69) is 0 Å². The molecule has 0 radical (unpaired) electrons. The molecule has 0 saturated carbocycles. The van der Waals surface area contributed by atoms with E-state index in [1.165, 1.54) is 6.07 Å². The third kappa shape index (κ3) is 3.29. The summed E-state index contributed by atoms with van der Waals surface area (Å²) in [6, 6.07) is 10.3. The van der Waals surface area contributed by atoms with Gasteiger partial charge in [0, 0.05) is 12.1 Å². The maximum absolute atomic E-state index is 13.4. The second-order valence-corrected chi connectivity index (χ2v) is 4.26. The Morgan fingerprint density at radius 1 is 1.11 bits per heavy atom. The number of hydrogen-bond acceptors (Lipinski definition) is 2. The van der Waals surface area contributed by atoms with Crippen molar-refractivity contribution in [3.63, 3.8) is 0 Å². The van der Waals surface area contributed by atoms with Gasteiger partial charge in [-0.15, -0.1) is 0 Å². The molecule has 2 aromatic carbocycles. The van der Waals surface area contributed by atoms with Gasteiger partial charge in [-0.05, 0) is 36.2 Å². The largest absolute Gasteiger partial charge is 0.454 e. The number of ether oxygens (including phenoxy) is 1. The summed E-state index contributed by atoms with van der Waals surface area (Å²) in [5.74, 6) is -0.880. The molecule has 0 aliphatic rings. The van der Waals surface area contributed by atoms with Crippen LogP contribution >= 0.6 is 0 Å². The second-order valence-electron chi connectivity index (χ2n) is 4.26. The Balaban J connectivity index is 2.15. The van der Waals surface area contributed by atoms with Gasteiger partial charge in [-0.25, -0.2) is 8.78 Å². The van der Waals surface area contributed by atoms with E-state index < -0.39 is 11.6 Å². The summed E-state index contributed by atoms with van der Waals surface area (Å²) in [7, 11) is 0. The lowest BCUT2D eigenvalue weighted by Gasteiger charge is -2.11. The second kappa shape index (κ2) is 5.80. The van der Waals surface area contributed by atoms with Crippen molar-refractivity contribution in [2.75, 3.05) is 0 Å². The van der Waals surface area contributed by atoms with Crippen molar-refractivity contribution in [2.45, 2.75) is 19.4 Å². The Labute approximate surface area is 110 Å². The number of hydrogen-bond donors (Lipinski definition) is 1. The molecule has 100 valence electrons. The quantitative estimate of drug-likeness (QED) is 0.898. The maximum Gasteiger partial charge on any atom is 0.168 e. The van der Waals surface area contributed by atoms with Crippen molar-refractivity contribution in [1.82, 2.24) is 0 Å². The van der Waals surface area contributed by atoms with Crippen LogP contribution in [-0.2, 0) is 0 Å². The Hall–Kier alpha value is -1.94. The van der Waals surface area contributed by atoms with E-state index in [4.69, 9.17) is 10.5 Å². The van der Waals surface area contributed by atoms with Crippen molar-refractivity contribution in [2.24, 2.45) is 5.73 Å². The highest BCUT2D eigenvalue weighted by atomic mass is 19.1. The fourth-order valence-electron chi connectivity index (χ4n) is 1.70. The number of nitrogens with two attached hydrogens (primary N) is 1. The van der Waals surface area contributed by atoms with E-state index >= 15 is 0 Å². The molecule has 2 rings (SSSR count). The molecule has 0 aliphatic carbocycles. The number of benzene rings is 2. The molecule has 0 saturated heterocycles. The Kier molecular flexibility index (Phi) is 4.12. The van der Waals surface area contributed by atoms with Gasteiger partial charge in [0.05, 0.1) is 0 Å². The zero-order valence-electron chi connectivity index (χ0n) is 10.6. The molecule has 2 N–H and O–H groups in total. The minimum absolute atomic E-state index is 0.00561. The molecule has 0 amide bonds. The van der Waals surface area contributed by atoms with Crippen LogP contribution in [0.4, 0.5) is 8.78 Å². The molecule has 0 aliphatic heterocycles. The van der Waals surface area contributed by atoms with Crippen LogP contribution in [-0.4, -0.2) is 0 Å². The van der Waals surface area contributed by atoms with E-state index in [0.29, 0.717) is 5.75 Å². The van der Waals surface area contributed by atoms with Crippen LogP contribution in [0.1, 0.15) is 24.9 Å². The van der Waals surface area contributed by atoms with Crippen molar-refractivity contribution in [3.8, 4) is 11.5 Å². The third-order valence-corrected chi connectivity index (χ3v) is 2.87. The van der Waals surface area contributed by atoms with E-state index in [-0.39, 0.29) is 11.8 Å². The highest BCUT2D eigenvalue weighted by Gasteiger charge is 2.07. The molecular formula is C15H15F2NO. The average Bonchev–Trinajstić information content (AvgIpc) is 2.42. The highest BCUT2D eigenvalue weighted by molar-refractivity contribution is 5.34. The first kappa shape index (κ1) is 13.5. The predicted octanol–water partition coefficient (Wildman–Crippen LogP) is 4.17. The van der Waals surface area contributed by atoms with Gasteiger partial charge in [0.2, 0.25) is 0 Å². The van der Waals surface area contributed by atoms with Gasteiger partial charge in [-0.1, -0.05) is 19.1 Å². The summed E-state index contributed by atoms with van der Waals surface area (Å²) in [6.45, 7) is 2.00. The Morgan fingerprint density at radius 2 is 1.79 bits per heavy atom. The zero-order chi connectivity index (χ0) is 13.8. The molecule has 2 nitrogen and oxygen atoms in total. The molecule has 0 bridgehead atoms. The van der Waals surface area contributed by atoms with Crippen molar-refractivity contribution in [1.29, 1.82) is 0 Å². The van der Waals surface area contributed by atoms with Crippen LogP contribution in [0.15, 0.2) is 42.5 Å². The smallest absolute Gasteiger partial charge is 0.168 e. The standard InChI is InChI=1S/C15H15F2NO/c1-2-14(18)10-3-6-12(7-4-10)19-15-8-5-11(16)9-13(15)17/h3-9,14H,2,18H2,1H3/t14-/m1/s1. The molecule has 2 aromatic rings. The molecule has 0 spiro atoms. The summed E-state index contributed by atoms with van der Waals surface area (Å²) >= 11 is 0. The van der Waals surface area contributed by atoms with Crippen molar-refractivity contribution >= 4 is 0 Å². The summed E-state index contributed by atoms with van der Waals surface area (Å²) < 4.78 is 31.5. The van der Waals surface area contributed by atoms with Crippen molar-refractivity contribution < 1.29 is 13.5 Å². The molecule has 0 fully saturated rings. The van der Waals surface area contributed by atoms with Crippen LogP contribution in [0.2, 0.25) is 0 Å². The Morgan fingerprint density at radius 3 is 2.37 bits per heavy atom.